The topological polar surface area (TPSA) is 76.7 Å². The van der Waals surface area contributed by atoms with Crippen molar-refractivity contribution < 1.29 is 19.1 Å². The van der Waals surface area contributed by atoms with Gasteiger partial charge in [0.15, 0.2) is 6.61 Å². The Morgan fingerprint density at radius 2 is 1.73 bits per heavy atom. The molecular weight excluding hydrogens is 379 g/mol. The molecule has 0 spiro atoms. The summed E-state index contributed by atoms with van der Waals surface area (Å²) in [5, 5.41) is 6.32. The molecule has 0 aromatic heterocycles. The van der Waals surface area contributed by atoms with E-state index in [0.29, 0.717) is 21.5 Å². The lowest BCUT2D eigenvalue weighted by molar-refractivity contribution is -0.123. The van der Waals surface area contributed by atoms with Crippen LogP contribution in [0.2, 0.25) is 10.0 Å². The second-order valence-electron chi connectivity index (χ2n) is 5.32. The number of hydrogen-bond donors (Lipinski definition) is 2. The van der Waals surface area contributed by atoms with Crippen molar-refractivity contribution in [2.75, 3.05) is 25.1 Å². The fraction of sp³-hybridized carbons (Fsp3) is 0.222. The zero-order valence-electron chi connectivity index (χ0n) is 14.1. The van der Waals surface area contributed by atoms with Crippen LogP contribution in [0.15, 0.2) is 42.5 Å². The van der Waals surface area contributed by atoms with Gasteiger partial charge < -0.3 is 14.8 Å². The van der Waals surface area contributed by atoms with Gasteiger partial charge in [-0.25, -0.2) is 4.79 Å². The Kier molecular flexibility index (Phi) is 7.56. The Morgan fingerprint density at radius 3 is 2.42 bits per heavy atom. The number of nitrogens with one attached hydrogen (secondary N) is 2. The quantitative estimate of drug-likeness (QED) is 0.692. The van der Waals surface area contributed by atoms with Crippen molar-refractivity contribution in [2.24, 2.45) is 0 Å². The molecule has 0 saturated heterocycles. The maximum Gasteiger partial charge on any atom is 0.411 e. The van der Waals surface area contributed by atoms with Crippen LogP contribution in [0.4, 0.5) is 10.5 Å². The van der Waals surface area contributed by atoms with Gasteiger partial charge in [0.05, 0.1) is 6.54 Å². The molecule has 0 aliphatic carbocycles. The minimum Gasteiger partial charge on any atom is -0.484 e. The molecule has 0 radical (unpaired) electrons. The lowest BCUT2D eigenvalue weighted by Crippen LogP contribution is -2.32. The van der Waals surface area contributed by atoms with Crippen LogP contribution < -0.4 is 15.4 Å². The van der Waals surface area contributed by atoms with E-state index in [9.17, 15) is 9.59 Å². The predicted octanol–water partition coefficient (Wildman–Crippen LogP) is 4.05. The Bertz CT molecular complexity index is 766. The maximum absolute atomic E-state index is 11.7. The summed E-state index contributed by atoms with van der Waals surface area (Å²) in [5.41, 5.74) is 1.41. The second-order valence-corrected chi connectivity index (χ2v) is 6.19. The fourth-order valence-electron chi connectivity index (χ4n) is 1.99. The first-order chi connectivity index (χ1) is 12.4. The molecule has 0 fully saturated rings. The van der Waals surface area contributed by atoms with E-state index >= 15 is 0 Å². The zero-order chi connectivity index (χ0) is 18.9. The van der Waals surface area contributed by atoms with Gasteiger partial charge in [0.1, 0.15) is 12.4 Å². The molecule has 0 atom stereocenters. The van der Waals surface area contributed by atoms with E-state index in [-0.39, 0.29) is 25.7 Å². The van der Waals surface area contributed by atoms with Gasteiger partial charge in [0.25, 0.3) is 5.91 Å². The molecule has 0 heterocycles. The molecule has 26 heavy (non-hydrogen) atoms. The van der Waals surface area contributed by atoms with Crippen molar-refractivity contribution in [1.29, 1.82) is 0 Å². The van der Waals surface area contributed by atoms with E-state index in [1.165, 1.54) is 0 Å². The molecule has 0 aliphatic heterocycles. The molecule has 0 saturated carbocycles. The van der Waals surface area contributed by atoms with Gasteiger partial charge in [-0.15, -0.1) is 0 Å². The van der Waals surface area contributed by atoms with Gasteiger partial charge in [-0.1, -0.05) is 23.2 Å². The number of carbonyl (C=O) groups excluding carboxylic acids is 2. The van der Waals surface area contributed by atoms with E-state index in [4.69, 9.17) is 32.7 Å². The van der Waals surface area contributed by atoms with Crippen LogP contribution in [0.1, 0.15) is 5.56 Å². The van der Waals surface area contributed by atoms with Crippen LogP contribution in [0.5, 0.6) is 5.75 Å². The largest absolute Gasteiger partial charge is 0.484 e. The minimum atomic E-state index is -0.616. The highest BCUT2D eigenvalue weighted by Crippen LogP contribution is 2.21. The van der Waals surface area contributed by atoms with Gasteiger partial charge in [-0.3, -0.25) is 10.1 Å². The van der Waals surface area contributed by atoms with E-state index in [2.05, 4.69) is 10.6 Å². The highest BCUT2D eigenvalue weighted by Gasteiger charge is 2.06. The molecule has 2 rings (SSSR count). The zero-order valence-corrected chi connectivity index (χ0v) is 15.6. The van der Waals surface area contributed by atoms with Crippen molar-refractivity contribution in [3.8, 4) is 5.75 Å². The Labute approximate surface area is 161 Å². The Hall–Kier alpha value is -2.44. The predicted molar refractivity (Wildman–Crippen MR) is 101 cm³/mol. The summed E-state index contributed by atoms with van der Waals surface area (Å²) < 4.78 is 10.4. The number of carbonyl (C=O) groups is 2. The second kappa shape index (κ2) is 9.89. The highest BCUT2D eigenvalue weighted by atomic mass is 35.5. The molecule has 2 N–H and O–H groups in total. The van der Waals surface area contributed by atoms with Crippen LogP contribution >= 0.6 is 23.2 Å². The summed E-state index contributed by atoms with van der Waals surface area (Å²) in [6.45, 7) is 1.91. The summed E-state index contributed by atoms with van der Waals surface area (Å²) in [5.74, 6) is 0.268. The van der Waals surface area contributed by atoms with Gasteiger partial charge in [-0.2, -0.15) is 0 Å². The summed E-state index contributed by atoms with van der Waals surface area (Å²) in [6.07, 6.45) is -0.616. The molecule has 2 amide bonds. The lowest BCUT2D eigenvalue weighted by atomic mass is 10.2. The molecular formula is C18H18Cl2N2O4. The average molecular weight is 397 g/mol. The van der Waals surface area contributed by atoms with Crippen LogP contribution in [0, 0.1) is 6.92 Å². The molecule has 0 bridgehead atoms. The molecule has 8 heteroatoms. The maximum atomic E-state index is 11.7. The van der Waals surface area contributed by atoms with E-state index in [0.717, 1.165) is 5.56 Å². The summed E-state index contributed by atoms with van der Waals surface area (Å²) in [6, 6.07) is 11.8. The molecule has 2 aromatic carbocycles. The third-order valence-electron chi connectivity index (χ3n) is 3.24. The summed E-state index contributed by atoms with van der Waals surface area (Å²) in [4.78, 5) is 23.3. The third-order valence-corrected chi connectivity index (χ3v) is 3.73. The third kappa shape index (κ3) is 6.82. The number of rotatable bonds is 7. The SMILES string of the molecule is Cc1cc(Cl)ccc1OCC(=O)NCCOC(=O)Nc1ccc(Cl)cc1. The molecule has 0 aliphatic rings. The normalized spacial score (nSPS) is 10.1. The van der Waals surface area contributed by atoms with Crippen molar-refractivity contribution >= 4 is 40.9 Å². The van der Waals surface area contributed by atoms with Crippen molar-refractivity contribution in [2.45, 2.75) is 6.92 Å². The molecule has 6 nitrogen and oxygen atoms in total. The molecule has 0 unspecified atom stereocenters. The van der Waals surface area contributed by atoms with Gasteiger partial charge in [0, 0.05) is 15.7 Å². The first kappa shape index (κ1) is 19.9. The van der Waals surface area contributed by atoms with Gasteiger partial charge in [0.2, 0.25) is 0 Å². The van der Waals surface area contributed by atoms with Crippen molar-refractivity contribution in [3.63, 3.8) is 0 Å². The van der Waals surface area contributed by atoms with E-state index in [1.807, 2.05) is 6.92 Å². The summed E-state index contributed by atoms with van der Waals surface area (Å²) >= 11 is 11.6. The minimum absolute atomic E-state index is 0.0329. The highest BCUT2D eigenvalue weighted by molar-refractivity contribution is 6.30. The van der Waals surface area contributed by atoms with Crippen molar-refractivity contribution in [1.82, 2.24) is 5.32 Å². The van der Waals surface area contributed by atoms with E-state index < -0.39 is 6.09 Å². The average Bonchev–Trinajstić information content (AvgIpc) is 2.60. The van der Waals surface area contributed by atoms with Gasteiger partial charge >= 0.3 is 6.09 Å². The van der Waals surface area contributed by atoms with Crippen LogP contribution in [-0.4, -0.2) is 31.8 Å². The van der Waals surface area contributed by atoms with Crippen LogP contribution in [0.3, 0.4) is 0 Å². The smallest absolute Gasteiger partial charge is 0.411 e. The molecule has 2 aromatic rings. The first-order valence-electron chi connectivity index (χ1n) is 7.79. The number of benzene rings is 2. The number of hydrogen-bond acceptors (Lipinski definition) is 4. The monoisotopic (exact) mass is 396 g/mol. The summed E-state index contributed by atoms with van der Waals surface area (Å²) in [7, 11) is 0. The first-order valence-corrected chi connectivity index (χ1v) is 8.54. The number of amides is 2. The number of halogens is 2. The van der Waals surface area contributed by atoms with Crippen LogP contribution in [-0.2, 0) is 9.53 Å². The number of anilines is 1. The van der Waals surface area contributed by atoms with Crippen LogP contribution in [0.25, 0.3) is 0 Å². The number of ether oxygens (including phenoxy) is 2. The Balaban J connectivity index is 1.62. The van der Waals surface area contributed by atoms with Gasteiger partial charge in [-0.05, 0) is 55.0 Å². The standard InChI is InChI=1S/C18H18Cl2N2O4/c1-12-10-14(20)4-7-16(12)26-11-17(23)21-8-9-25-18(24)22-15-5-2-13(19)3-6-15/h2-7,10H,8-9,11H2,1H3,(H,21,23)(H,22,24). The number of aryl methyl sites for hydroxylation is 1. The van der Waals surface area contributed by atoms with E-state index in [1.54, 1.807) is 42.5 Å². The fourth-order valence-corrected chi connectivity index (χ4v) is 2.34. The van der Waals surface area contributed by atoms with Crippen molar-refractivity contribution in [3.05, 3.63) is 58.1 Å². The molecule has 138 valence electrons. The lowest BCUT2D eigenvalue weighted by Gasteiger charge is -2.10. The Morgan fingerprint density at radius 1 is 1.04 bits per heavy atom.